The first kappa shape index (κ1) is 16.8. The molecular formula is C26H15BrO2. The highest BCUT2D eigenvalue weighted by atomic mass is 79.9. The smallest absolute Gasteiger partial charge is 0.335 e. The van der Waals surface area contributed by atoms with Gasteiger partial charge in [0.05, 0.1) is 11.0 Å². The second-order valence-corrected chi connectivity index (χ2v) is 8.51. The molecule has 0 radical (unpaired) electrons. The van der Waals surface area contributed by atoms with Crippen LogP contribution in [-0.4, -0.2) is 11.1 Å². The van der Waals surface area contributed by atoms with Crippen molar-refractivity contribution in [3.63, 3.8) is 0 Å². The number of carbonyl (C=O) groups is 1. The predicted molar refractivity (Wildman–Crippen MR) is 117 cm³/mol. The molecule has 0 saturated heterocycles. The van der Waals surface area contributed by atoms with Crippen LogP contribution < -0.4 is 0 Å². The first-order valence-corrected chi connectivity index (χ1v) is 10.3. The maximum absolute atomic E-state index is 11.8. The summed E-state index contributed by atoms with van der Waals surface area (Å²) in [6, 6.07) is 28.9. The summed E-state index contributed by atoms with van der Waals surface area (Å²) in [5.74, 6) is -0.903. The van der Waals surface area contributed by atoms with Crippen LogP contribution in [0.4, 0.5) is 0 Å². The van der Waals surface area contributed by atoms with Gasteiger partial charge in [-0.3, -0.25) is 0 Å². The topological polar surface area (TPSA) is 37.3 Å². The van der Waals surface area contributed by atoms with Gasteiger partial charge in [0.2, 0.25) is 0 Å². The van der Waals surface area contributed by atoms with Crippen LogP contribution in [0.25, 0.3) is 22.3 Å². The lowest BCUT2D eigenvalue weighted by atomic mass is 9.70. The molecule has 1 atom stereocenters. The maximum Gasteiger partial charge on any atom is 0.335 e. The van der Waals surface area contributed by atoms with Gasteiger partial charge in [0, 0.05) is 4.47 Å². The minimum atomic E-state index is -0.903. The Morgan fingerprint density at radius 3 is 1.79 bits per heavy atom. The average molecular weight is 439 g/mol. The lowest BCUT2D eigenvalue weighted by Gasteiger charge is -2.30. The molecule has 2 nitrogen and oxygen atoms in total. The molecule has 4 aromatic carbocycles. The van der Waals surface area contributed by atoms with Gasteiger partial charge >= 0.3 is 5.97 Å². The zero-order valence-electron chi connectivity index (χ0n) is 15.3. The molecule has 0 fully saturated rings. The molecule has 3 heteroatoms. The van der Waals surface area contributed by atoms with Gasteiger partial charge in [-0.2, -0.15) is 0 Å². The van der Waals surface area contributed by atoms with Gasteiger partial charge in [0.25, 0.3) is 0 Å². The van der Waals surface area contributed by atoms with E-state index in [1.807, 2.05) is 12.1 Å². The van der Waals surface area contributed by atoms with E-state index in [2.05, 4.69) is 82.7 Å². The van der Waals surface area contributed by atoms with Crippen molar-refractivity contribution in [3.05, 3.63) is 117 Å². The third-order valence-electron chi connectivity index (χ3n) is 6.30. The molecule has 138 valence electrons. The van der Waals surface area contributed by atoms with E-state index < -0.39 is 11.4 Å². The molecule has 29 heavy (non-hydrogen) atoms. The van der Waals surface area contributed by atoms with Gasteiger partial charge < -0.3 is 5.11 Å². The van der Waals surface area contributed by atoms with Crippen LogP contribution in [0.2, 0.25) is 0 Å². The average Bonchev–Trinajstić information content (AvgIpc) is 3.20. The highest BCUT2D eigenvalue weighted by Gasteiger charge is 2.51. The summed E-state index contributed by atoms with van der Waals surface area (Å²) in [5.41, 5.74) is 9.15. The van der Waals surface area contributed by atoms with Crippen molar-refractivity contribution in [3.8, 4) is 22.3 Å². The molecule has 0 amide bonds. The molecule has 2 aliphatic carbocycles. The van der Waals surface area contributed by atoms with E-state index in [0.29, 0.717) is 5.56 Å². The van der Waals surface area contributed by atoms with Crippen molar-refractivity contribution in [1.82, 2.24) is 0 Å². The molecule has 0 aliphatic heterocycles. The number of halogens is 1. The zero-order chi connectivity index (χ0) is 19.8. The fraction of sp³-hybridized carbons (Fsp3) is 0.0385. The highest BCUT2D eigenvalue weighted by molar-refractivity contribution is 9.10. The van der Waals surface area contributed by atoms with Crippen molar-refractivity contribution in [2.75, 3.05) is 0 Å². The number of aromatic carboxylic acids is 1. The monoisotopic (exact) mass is 438 g/mol. The van der Waals surface area contributed by atoms with E-state index in [9.17, 15) is 9.90 Å². The van der Waals surface area contributed by atoms with Crippen molar-refractivity contribution in [2.24, 2.45) is 0 Å². The summed E-state index contributed by atoms with van der Waals surface area (Å²) in [5, 5.41) is 9.69. The molecule has 1 N–H and O–H groups in total. The molecule has 0 saturated carbocycles. The molecule has 4 aromatic rings. The van der Waals surface area contributed by atoms with E-state index in [4.69, 9.17) is 0 Å². The van der Waals surface area contributed by atoms with Crippen LogP contribution in [0.5, 0.6) is 0 Å². The number of rotatable bonds is 1. The van der Waals surface area contributed by atoms with Gasteiger partial charge in [0.1, 0.15) is 0 Å². The summed E-state index contributed by atoms with van der Waals surface area (Å²) < 4.78 is 1.02. The largest absolute Gasteiger partial charge is 0.478 e. The Morgan fingerprint density at radius 1 is 0.655 bits per heavy atom. The standard InChI is InChI=1S/C26H15BrO2/c27-16-10-12-20-18-6-2-4-8-22(18)26(24(20)14-16)21-7-3-1-5-17(21)19-11-9-15(25(28)29)13-23(19)26/h1-14H,(H,28,29). The molecule has 6 rings (SSSR count). The number of fused-ring (bicyclic) bond motifs is 10. The molecule has 2 aliphatic rings. The zero-order valence-corrected chi connectivity index (χ0v) is 16.9. The Hall–Kier alpha value is -3.17. The van der Waals surface area contributed by atoms with E-state index in [0.717, 1.165) is 15.6 Å². The Bertz CT molecular complexity index is 1340. The van der Waals surface area contributed by atoms with Crippen LogP contribution >= 0.6 is 15.9 Å². The number of benzene rings is 4. The van der Waals surface area contributed by atoms with Crippen molar-refractivity contribution in [2.45, 2.75) is 5.41 Å². The van der Waals surface area contributed by atoms with Gasteiger partial charge in [-0.05, 0) is 68.8 Å². The van der Waals surface area contributed by atoms with E-state index in [1.165, 1.54) is 33.4 Å². The second-order valence-electron chi connectivity index (χ2n) is 7.60. The molecule has 1 spiro atoms. The SMILES string of the molecule is O=C(O)c1ccc2c(c1)C1(c3ccccc3-c3ccc(Br)cc31)c1ccccc1-2. The van der Waals surface area contributed by atoms with Crippen LogP contribution in [-0.2, 0) is 5.41 Å². The number of hydrogen-bond donors (Lipinski definition) is 1. The lowest BCUT2D eigenvalue weighted by molar-refractivity contribution is 0.0697. The van der Waals surface area contributed by atoms with Crippen molar-refractivity contribution >= 4 is 21.9 Å². The fourth-order valence-corrected chi connectivity index (χ4v) is 5.61. The van der Waals surface area contributed by atoms with Crippen LogP contribution in [0.1, 0.15) is 32.6 Å². The summed E-state index contributed by atoms with van der Waals surface area (Å²) in [6.07, 6.45) is 0. The first-order valence-electron chi connectivity index (χ1n) is 9.50. The van der Waals surface area contributed by atoms with E-state index in [1.54, 1.807) is 6.07 Å². The second kappa shape index (κ2) is 5.68. The number of hydrogen-bond acceptors (Lipinski definition) is 1. The molecule has 0 bridgehead atoms. The highest BCUT2D eigenvalue weighted by Crippen LogP contribution is 2.62. The molecule has 0 aromatic heterocycles. The van der Waals surface area contributed by atoms with Gasteiger partial charge in [-0.25, -0.2) is 4.79 Å². The first-order chi connectivity index (χ1) is 14.1. The van der Waals surface area contributed by atoms with Crippen LogP contribution in [0.15, 0.2) is 89.4 Å². The van der Waals surface area contributed by atoms with Gasteiger partial charge in [0.15, 0.2) is 0 Å². The quantitative estimate of drug-likeness (QED) is 0.318. The Balaban J connectivity index is 1.85. The van der Waals surface area contributed by atoms with Crippen molar-refractivity contribution < 1.29 is 9.90 Å². The number of carboxylic acid groups (broad SMARTS) is 1. The van der Waals surface area contributed by atoms with Crippen molar-refractivity contribution in [1.29, 1.82) is 0 Å². The molecule has 0 heterocycles. The molecular weight excluding hydrogens is 424 g/mol. The van der Waals surface area contributed by atoms with E-state index in [-0.39, 0.29) is 0 Å². The van der Waals surface area contributed by atoms with Gasteiger partial charge in [-0.1, -0.05) is 76.6 Å². The Labute approximate surface area is 176 Å². The summed E-state index contributed by atoms with van der Waals surface area (Å²) in [7, 11) is 0. The minimum absolute atomic E-state index is 0.317. The van der Waals surface area contributed by atoms with E-state index >= 15 is 0 Å². The predicted octanol–water partition coefficient (Wildman–Crippen LogP) is 6.49. The van der Waals surface area contributed by atoms with Crippen LogP contribution in [0.3, 0.4) is 0 Å². The summed E-state index contributed by atoms with van der Waals surface area (Å²) in [4.78, 5) is 11.8. The van der Waals surface area contributed by atoms with Crippen LogP contribution in [0, 0.1) is 0 Å². The maximum atomic E-state index is 11.8. The minimum Gasteiger partial charge on any atom is -0.478 e. The fourth-order valence-electron chi connectivity index (χ4n) is 5.24. The lowest BCUT2D eigenvalue weighted by Crippen LogP contribution is -2.26. The molecule has 1 unspecified atom stereocenters. The Kier molecular flexibility index (Phi) is 3.28. The normalized spacial score (nSPS) is 17.6. The van der Waals surface area contributed by atoms with Gasteiger partial charge in [-0.15, -0.1) is 0 Å². The Morgan fingerprint density at radius 2 is 1.17 bits per heavy atom. The summed E-state index contributed by atoms with van der Waals surface area (Å²) in [6.45, 7) is 0. The third-order valence-corrected chi connectivity index (χ3v) is 6.79. The number of carboxylic acids is 1. The summed E-state index contributed by atoms with van der Waals surface area (Å²) >= 11 is 3.66. The third kappa shape index (κ3) is 1.98.